The monoisotopic (exact) mass is 195 g/mol. The van der Waals surface area contributed by atoms with E-state index >= 15 is 0 Å². The zero-order chi connectivity index (χ0) is 9.26. The lowest BCUT2D eigenvalue weighted by Crippen LogP contribution is -1.85. The Morgan fingerprint density at radius 3 is 2.46 bits per heavy atom. The number of H-pyrrole nitrogens is 1. The van der Waals surface area contributed by atoms with Crippen LogP contribution in [-0.2, 0) is 0 Å². The molecule has 2 aromatic rings. The summed E-state index contributed by atoms with van der Waals surface area (Å²) in [7, 11) is 0. The molecule has 0 radical (unpaired) electrons. The molecule has 66 valence electrons. The molecule has 0 spiro atoms. The maximum Gasteiger partial charge on any atom is 0.357 e. The number of rotatable bonds is 1. The van der Waals surface area contributed by atoms with Crippen molar-refractivity contribution in [3.8, 4) is 11.3 Å². The minimum atomic E-state index is -0.384. The second-order valence-electron chi connectivity index (χ2n) is 2.59. The van der Waals surface area contributed by atoms with Gasteiger partial charge in [0.15, 0.2) is 0 Å². The van der Waals surface area contributed by atoms with E-state index in [1.165, 1.54) is 6.07 Å². The van der Waals surface area contributed by atoms with Crippen molar-refractivity contribution in [3.63, 3.8) is 0 Å². The predicted octanol–water partition coefficient (Wildman–Crippen LogP) is 2.29. The van der Waals surface area contributed by atoms with E-state index in [4.69, 9.17) is 11.6 Å². The van der Waals surface area contributed by atoms with Gasteiger partial charge in [-0.2, -0.15) is 0 Å². The Morgan fingerprint density at radius 2 is 1.92 bits per heavy atom. The van der Waals surface area contributed by atoms with Crippen molar-refractivity contribution < 1.29 is 4.52 Å². The maximum atomic E-state index is 10.7. The zero-order valence-corrected chi connectivity index (χ0v) is 7.34. The van der Waals surface area contributed by atoms with Crippen molar-refractivity contribution in [1.82, 2.24) is 5.16 Å². The Balaban J connectivity index is 2.47. The molecule has 13 heavy (non-hydrogen) atoms. The minimum Gasteiger partial charge on any atom is -0.339 e. The first-order valence-corrected chi connectivity index (χ1v) is 4.08. The lowest BCUT2D eigenvalue weighted by molar-refractivity contribution is 0.394. The third-order valence-electron chi connectivity index (χ3n) is 1.68. The van der Waals surface area contributed by atoms with Gasteiger partial charge in [-0.15, -0.1) is 0 Å². The van der Waals surface area contributed by atoms with Crippen LogP contribution in [0.25, 0.3) is 11.3 Å². The van der Waals surface area contributed by atoms with E-state index in [9.17, 15) is 4.79 Å². The summed E-state index contributed by atoms with van der Waals surface area (Å²) in [5.41, 5.74) is 1.14. The normalized spacial score (nSPS) is 10.2. The molecule has 1 heterocycles. The van der Waals surface area contributed by atoms with Gasteiger partial charge in [0.05, 0.1) is 11.8 Å². The fraction of sp³-hybridized carbons (Fsp3) is 0. The average molecular weight is 196 g/mol. The van der Waals surface area contributed by atoms with Gasteiger partial charge in [0.25, 0.3) is 0 Å². The smallest absolute Gasteiger partial charge is 0.339 e. The first-order chi connectivity index (χ1) is 6.25. The van der Waals surface area contributed by atoms with Crippen LogP contribution in [0.15, 0.2) is 39.6 Å². The molecule has 0 aliphatic heterocycles. The molecule has 0 atom stereocenters. The van der Waals surface area contributed by atoms with Crippen molar-refractivity contribution >= 4 is 11.6 Å². The van der Waals surface area contributed by atoms with E-state index in [1.54, 1.807) is 12.1 Å². The van der Waals surface area contributed by atoms with Gasteiger partial charge in [-0.05, 0) is 12.1 Å². The quantitative estimate of drug-likeness (QED) is 0.759. The van der Waals surface area contributed by atoms with Crippen LogP contribution in [0.4, 0.5) is 0 Å². The molecule has 2 rings (SSSR count). The summed E-state index contributed by atoms with van der Waals surface area (Å²) in [6.07, 6.45) is 0. The molecular weight excluding hydrogens is 190 g/mol. The van der Waals surface area contributed by atoms with Crippen LogP contribution in [0.5, 0.6) is 0 Å². The topological polar surface area (TPSA) is 46.0 Å². The number of hydrogen-bond donors (Lipinski definition) is 1. The maximum absolute atomic E-state index is 10.7. The largest absolute Gasteiger partial charge is 0.357 e. The van der Waals surface area contributed by atoms with E-state index in [0.29, 0.717) is 10.7 Å². The van der Waals surface area contributed by atoms with Crippen molar-refractivity contribution in [1.29, 1.82) is 0 Å². The number of hydrogen-bond acceptors (Lipinski definition) is 2. The number of benzene rings is 1. The van der Waals surface area contributed by atoms with Gasteiger partial charge in [0.1, 0.15) is 0 Å². The lowest BCUT2D eigenvalue weighted by Gasteiger charge is -1.94. The molecule has 1 aromatic carbocycles. The summed E-state index contributed by atoms with van der Waals surface area (Å²) in [5, 5.41) is 3.17. The van der Waals surface area contributed by atoms with Gasteiger partial charge in [0, 0.05) is 10.6 Å². The van der Waals surface area contributed by atoms with E-state index in [1.807, 2.05) is 12.1 Å². The predicted molar refractivity (Wildman–Crippen MR) is 49.8 cm³/mol. The van der Waals surface area contributed by atoms with Gasteiger partial charge >= 0.3 is 5.63 Å². The number of aromatic amines is 1. The molecule has 0 bridgehead atoms. The van der Waals surface area contributed by atoms with Gasteiger partial charge in [0.2, 0.25) is 0 Å². The van der Waals surface area contributed by atoms with Crippen LogP contribution >= 0.6 is 11.6 Å². The third kappa shape index (κ3) is 1.65. The van der Waals surface area contributed by atoms with Crippen molar-refractivity contribution in [2.75, 3.05) is 0 Å². The molecule has 0 aliphatic rings. The fourth-order valence-corrected chi connectivity index (χ4v) is 1.18. The summed E-state index contributed by atoms with van der Waals surface area (Å²) in [6.45, 7) is 0. The van der Waals surface area contributed by atoms with Crippen molar-refractivity contribution in [3.05, 3.63) is 45.8 Å². The highest BCUT2D eigenvalue weighted by Gasteiger charge is 2.00. The Hall–Kier alpha value is -1.48. The second-order valence-corrected chi connectivity index (χ2v) is 3.02. The standard InChI is InChI=1S/C9H6ClNO2/c10-7-3-1-6(2-4-7)8-5-9(12)13-11-8/h1-5,11H. The molecule has 0 amide bonds. The van der Waals surface area contributed by atoms with Crippen LogP contribution in [0.3, 0.4) is 0 Å². The fourth-order valence-electron chi connectivity index (χ4n) is 1.05. The first kappa shape index (κ1) is 8.13. The van der Waals surface area contributed by atoms with Crippen LogP contribution < -0.4 is 5.63 Å². The van der Waals surface area contributed by atoms with Crippen LogP contribution in [0.1, 0.15) is 0 Å². The van der Waals surface area contributed by atoms with Gasteiger partial charge in [-0.1, -0.05) is 23.7 Å². The van der Waals surface area contributed by atoms with E-state index < -0.39 is 0 Å². The van der Waals surface area contributed by atoms with E-state index in [-0.39, 0.29) is 5.63 Å². The summed E-state index contributed by atoms with van der Waals surface area (Å²) >= 11 is 5.71. The average Bonchev–Trinajstić information content (AvgIpc) is 2.53. The molecule has 0 saturated carbocycles. The molecule has 1 N–H and O–H groups in total. The number of aromatic nitrogens is 1. The Bertz CT molecular complexity index is 455. The molecular formula is C9H6ClNO2. The molecule has 0 aliphatic carbocycles. The summed E-state index contributed by atoms with van der Waals surface area (Å²) < 4.78 is 4.54. The Morgan fingerprint density at radius 1 is 1.23 bits per heavy atom. The minimum absolute atomic E-state index is 0.384. The molecule has 0 saturated heterocycles. The summed E-state index contributed by atoms with van der Waals surface area (Å²) in [6, 6.07) is 8.51. The van der Waals surface area contributed by atoms with Crippen LogP contribution in [0, 0.1) is 0 Å². The summed E-state index contributed by atoms with van der Waals surface area (Å²) in [5.74, 6) is 0. The third-order valence-corrected chi connectivity index (χ3v) is 1.93. The molecule has 4 heteroatoms. The van der Waals surface area contributed by atoms with E-state index in [0.717, 1.165) is 5.56 Å². The Labute approximate surface area is 78.9 Å². The lowest BCUT2D eigenvalue weighted by atomic mass is 10.2. The zero-order valence-electron chi connectivity index (χ0n) is 6.58. The van der Waals surface area contributed by atoms with Crippen molar-refractivity contribution in [2.45, 2.75) is 0 Å². The SMILES string of the molecule is O=c1cc(-c2ccc(Cl)cc2)[nH]o1. The van der Waals surface area contributed by atoms with Crippen molar-refractivity contribution in [2.24, 2.45) is 0 Å². The molecule has 0 unspecified atom stereocenters. The Kier molecular flexibility index (Phi) is 1.94. The van der Waals surface area contributed by atoms with Crippen LogP contribution in [0.2, 0.25) is 5.02 Å². The highest BCUT2D eigenvalue weighted by molar-refractivity contribution is 6.30. The van der Waals surface area contributed by atoms with E-state index in [2.05, 4.69) is 9.68 Å². The molecule has 0 fully saturated rings. The number of halogens is 1. The highest BCUT2D eigenvalue weighted by Crippen LogP contribution is 2.17. The molecule has 1 aromatic heterocycles. The van der Waals surface area contributed by atoms with Crippen LogP contribution in [-0.4, -0.2) is 5.16 Å². The number of nitrogens with one attached hydrogen (secondary N) is 1. The first-order valence-electron chi connectivity index (χ1n) is 3.70. The van der Waals surface area contributed by atoms with Gasteiger partial charge in [-0.25, -0.2) is 9.95 Å². The molecule has 3 nitrogen and oxygen atoms in total. The summed E-state index contributed by atoms with van der Waals surface area (Å²) in [4.78, 5) is 10.7. The van der Waals surface area contributed by atoms with Gasteiger partial charge in [-0.3, -0.25) is 0 Å². The van der Waals surface area contributed by atoms with Gasteiger partial charge < -0.3 is 4.52 Å². The highest BCUT2D eigenvalue weighted by atomic mass is 35.5. The second kappa shape index (κ2) is 3.11.